The lowest BCUT2D eigenvalue weighted by Gasteiger charge is -2.08. The summed E-state index contributed by atoms with van der Waals surface area (Å²) in [5, 5.41) is 5.02. The minimum absolute atomic E-state index is 0.0674. The van der Waals surface area contributed by atoms with Crippen molar-refractivity contribution in [3.05, 3.63) is 63.1 Å². The fourth-order valence-corrected chi connectivity index (χ4v) is 4.56. The first kappa shape index (κ1) is 20.8. The Morgan fingerprint density at radius 2 is 1.64 bits per heavy atom. The molecule has 0 fully saturated rings. The predicted molar refractivity (Wildman–Crippen MR) is 112 cm³/mol. The van der Waals surface area contributed by atoms with E-state index in [0.717, 1.165) is 32.7 Å². The van der Waals surface area contributed by atoms with Crippen LogP contribution in [0.3, 0.4) is 0 Å². The van der Waals surface area contributed by atoms with E-state index in [1.54, 1.807) is 23.5 Å². The van der Waals surface area contributed by atoms with Gasteiger partial charge in [0.25, 0.3) is 0 Å². The fraction of sp³-hybridized carbons (Fsp3) is 0.278. The van der Waals surface area contributed by atoms with Gasteiger partial charge in [-0.25, -0.2) is 0 Å². The molecule has 25 heavy (non-hydrogen) atoms. The Morgan fingerprint density at radius 1 is 0.960 bits per heavy atom. The Kier molecular flexibility index (Phi) is 9.35. The molecule has 0 bridgehead atoms. The Hall–Kier alpha value is -0.520. The number of carbonyl (C=O) groups is 1. The largest absolute Gasteiger partial charge is 0.355 e. The Morgan fingerprint density at radius 3 is 2.32 bits per heavy atom. The number of thioether (sulfide) groups is 2. The number of amides is 1. The molecule has 0 saturated carbocycles. The van der Waals surface area contributed by atoms with Crippen LogP contribution in [-0.2, 0) is 10.5 Å². The smallest absolute Gasteiger partial charge is 0.220 e. The van der Waals surface area contributed by atoms with Crippen LogP contribution in [0.4, 0.5) is 0 Å². The average Bonchev–Trinajstić information content (AvgIpc) is 2.58. The molecule has 1 amide bonds. The molecule has 0 aliphatic carbocycles. The molecule has 0 aliphatic rings. The van der Waals surface area contributed by atoms with Gasteiger partial charge in [-0.05, 0) is 42.0 Å². The van der Waals surface area contributed by atoms with E-state index in [1.165, 1.54) is 0 Å². The van der Waals surface area contributed by atoms with Crippen molar-refractivity contribution in [2.45, 2.75) is 17.1 Å². The zero-order chi connectivity index (χ0) is 18.1. The Labute approximate surface area is 172 Å². The summed E-state index contributed by atoms with van der Waals surface area (Å²) >= 11 is 21.5. The lowest BCUT2D eigenvalue weighted by Crippen LogP contribution is -2.25. The summed E-state index contributed by atoms with van der Waals surface area (Å²) in [7, 11) is 0. The molecule has 0 aromatic heterocycles. The molecule has 7 heteroatoms. The molecule has 0 atom stereocenters. The molecule has 0 heterocycles. The number of hydrogen-bond donors (Lipinski definition) is 1. The number of halogens is 3. The van der Waals surface area contributed by atoms with Crippen molar-refractivity contribution in [2.24, 2.45) is 0 Å². The summed E-state index contributed by atoms with van der Waals surface area (Å²) in [6.07, 6.45) is 0.494. The number of carbonyl (C=O) groups excluding carboxylic acids is 1. The molecule has 2 nitrogen and oxygen atoms in total. The molecule has 1 N–H and O–H groups in total. The van der Waals surface area contributed by atoms with Gasteiger partial charge in [0.05, 0.1) is 0 Å². The second-order valence-corrected chi connectivity index (χ2v) is 8.68. The van der Waals surface area contributed by atoms with Gasteiger partial charge in [-0.3, -0.25) is 4.79 Å². The zero-order valence-electron chi connectivity index (χ0n) is 13.4. The van der Waals surface area contributed by atoms with Crippen LogP contribution in [0.25, 0.3) is 0 Å². The average molecular weight is 435 g/mol. The molecule has 2 aromatic carbocycles. The van der Waals surface area contributed by atoms with Gasteiger partial charge in [0.15, 0.2) is 0 Å². The van der Waals surface area contributed by atoms with Gasteiger partial charge in [0.1, 0.15) is 0 Å². The van der Waals surface area contributed by atoms with Crippen LogP contribution in [0.5, 0.6) is 0 Å². The number of hydrogen-bond acceptors (Lipinski definition) is 3. The maximum atomic E-state index is 11.8. The van der Waals surface area contributed by atoms with Gasteiger partial charge in [-0.1, -0.05) is 40.9 Å². The highest BCUT2D eigenvalue weighted by atomic mass is 35.5. The van der Waals surface area contributed by atoms with Crippen LogP contribution in [0.15, 0.2) is 47.4 Å². The fourth-order valence-electron chi connectivity index (χ4n) is 1.99. The highest BCUT2D eigenvalue weighted by Gasteiger charge is 2.06. The van der Waals surface area contributed by atoms with Crippen molar-refractivity contribution in [3.63, 3.8) is 0 Å². The maximum absolute atomic E-state index is 11.8. The van der Waals surface area contributed by atoms with Crippen LogP contribution in [0, 0.1) is 0 Å². The molecule has 2 aromatic rings. The van der Waals surface area contributed by atoms with E-state index in [9.17, 15) is 4.79 Å². The lowest BCUT2D eigenvalue weighted by atomic mass is 10.2. The zero-order valence-corrected chi connectivity index (χ0v) is 17.3. The first-order chi connectivity index (χ1) is 12.1. The monoisotopic (exact) mass is 433 g/mol. The third-order valence-electron chi connectivity index (χ3n) is 3.29. The summed E-state index contributed by atoms with van der Waals surface area (Å²) in [5.74, 6) is 2.37. The number of nitrogens with one attached hydrogen (secondary N) is 1. The minimum atomic E-state index is 0.0674. The molecule has 134 valence electrons. The first-order valence-electron chi connectivity index (χ1n) is 7.72. The van der Waals surface area contributed by atoms with Crippen molar-refractivity contribution >= 4 is 64.2 Å². The van der Waals surface area contributed by atoms with E-state index in [2.05, 4.69) is 5.32 Å². The second-order valence-electron chi connectivity index (χ2n) is 5.16. The summed E-state index contributed by atoms with van der Waals surface area (Å²) in [5.41, 5.74) is 0.946. The lowest BCUT2D eigenvalue weighted by molar-refractivity contribution is -0.120. The van der Waals surface area contributed by atoms with Crippen molar-refractivity contribution in [2.75, 3.05) is 18.1 Å². The Balaban J connectivity index is 1.57. The van der Waals surface area contributed by atoms with Gasteiger partial charge >= 0.3 is 0 Å². The van der Waals surface area contributed by atoms with Crippen LogP contribution in [-0.4, -0.2) is 24.0 Å². The molecule has 2 rings (SSSR count). The summed E-state index contributed by atoms with van der Waals surface area (Å²) in [6, 6.07) is 13.1. The van der Waals surface area contributed by atoms with Crippen molar-refractivity contribution in [1.29, 1.82) is 0 Å². The van der Waals surface area contributed by atoms with Crippen molar-refractivity contribution in [1.82, 2.24) is 5.32 Å². The number of rotatable bonds is 9. The highest BCUT2D eigenvalue weighted by molar-refractivity contribution is 7.99. The normalized spacial score (nSPS) is 10.7. The van der Waals surface area contributed by atoms with Gasteiger partial charge < -0.3 is 5.32 Å². The van der Waals surface area contributed by atoms with Gasteiger partial charge in [0, 0.05) is 50.2 Å². The van der Waals surface area contributed by atoms with E-state index in [0.29, 0.717) is 23.0 Å². The van der Waals surface area contributed by atoms with Crippen LogP contribution < -0.4 is 5.32 Å². The molecule has 0 unspecified atom stereocenters. The molecule has 0 saturated heterocycles. The van der Waals surface area contributed by atoms with Crippen molar-refractivity contribution < 1.29 is 4.79 Å². The van der Waals surface area contributed by atoms with E-state index >= 15 is 0 Å². The third-order valence-corrected chi connectivity index (χ3v) is 6.25. The third kappa shape index (κ3) is 7.71. The van der Waals surface area contributed by atoms with E-state index in [1.807, 2.05) is 42.5 Å². The van der Waals surface area contributed by atoms with E-state index < -0.39 is 0 Å². The summed E-state index contributed by atoms with van der Waals surface area (Å²) in [6.45, 7) is 0.636. The summed E-state index contributed by atoms with van der Waals surface area (Å²) in [4.78, 5) is 12.9. The maximum Gasteiger partial charge on any atom is 0.220 e. The van der Waals surface area contributed by atoms with Crippen LogP contribution in [0.2, 0.25) is 15.1 Å². The van der Waals surface area contributed by atoms with E-state index in [4.69, 9.17) is 34.8 Å². The van der Waals surface area contributed by atoms with Gasteiger partial charge in [0.2, 0.25) is 5.91 Å². The quantitative estimate of drug-likeness (QED) is 0.377. The predicted octanol–water partition coefficient (Wildman–Crippen LogP) is 6.18. The number of benzene rings is 2. The summed E-state index contributed by atoms with van der Waals surface area (Å²) < 4.78 is 0. The van der Waals surface area contributed by atoms with Crippen LogP contribution in [0.1, 0.15) is 12.0 Å². The minimum Gasteiger partial charge on any atom is -0.355 e. The van der Waals surface area contributed by atoms with E-state index in [-0.39, 0.29) is 5.91 Å². The van der Waals surface area contributed by atoms with Gasteiger partial charge in [-0.15, -0.1) is 11.8 Å². The van der Waals surface area contributed by atoms with Crippen molar-refractivity contribution in [3.8, 4) is 0 Å². The molecule has 0 spiro atoms. The molecule has 0 aliphatic heterocycles. The topological polar surface area (TPSA) is 29.1 Å². The second kappa shape index (κ2) is 11.2. The standard InChI is InChI=1S/C18H18Cl3NOS2/c19-13-4-6-14(7-5-13)25-10-8-18(23)22-9-11-24-12-15-16(20)2-1-3-17(15)21/h1-7H,8-12H2,(H,22,23). The molecule has 0 radical (unpaired) electrons. The SMILES string of the molecule is O=C(CCSc1ccc(Cl)cc1)NCCSCc1c(Cl)cccc1Cl. The molecular weight excluding hydrogens is 417 g/mol. The Bertz CT molecular complexity index is 675. The molecular formula is C18H18Cl3NOS2. The highest BCUT2D eigenvalue weighted by Crippen LogP contribution is 2.28. The van der Waals surface area contributed by atoms with Crippen LogP contribution >= 0.6 is 58.3 Å². The van der Waals surface area contributed by atoms with Gasteiger partial charge in [-0.2, -0.15) is 11.8 Å². The first-order valence-corrected chi connectivity index (χ1v) is 11.0.